The molecule has 2 N–H and O–H groups in total. The molecule has 0 bridgehead atoms. The van der Waals surface area contributed by atoms with E-state index >= 15 is 0 Å². The molecular weight excluding hydrogens is 162 g/mol. The monoisotopic (exact) mass is 177 g/mol. The highest BCUT2D eigenvalue weighted by atomic mass is 16.6. The molecular formula is C11H15NO. The molecule has 0 saturated heterocycles. The molecule has 2 rings (SSSR count). The summed E-state index contributed by atoms with van der Waals surface area (Å²) in [5.74, 6) is 5.95. The summed E-state index contributed by atoms with van der Waals surface area (Å²) in [6.07, 6.45) is 2.64. The second-order valence-corrected chi connectivity index (χ2v) is 3.68. The van der Waals surface area contributed by atoms with Gasteiger partial charge in [0.2, 0.25) is 0 Å². The van der Waals surface area contributed by atoms with Crippen LogP contribution in [0.5, 0.6) is 0 Å². The molecule has 0 aromatic heterocycles. The van der Waals surface area contributed by atoms with Crippen LogP contribution >= 0.6 is 0 Å². The van der Waals surface area contributed by atoms with Crippen molar-refractivity contribution in [2.75, 3.05) is 0 Å². The molecule has 0 aliphatic heterocycles. The fourth-order valence-electron chi connectivity index (χ4n) is 1.72. The molecule has 0 spiro atoms. The molecule has 1 unspecified atom stereocenters. The van der Waals surface area contributed by atoms with E-state index < -0.39 is 0 Å². The smallest absolute Gasteiger partial charge is 0.101 e. The molecule has 1 atom stereocenters. The maximum absolute atomic E-state index is 5.19. The molecule has 1 aliphatic carbocycles. The molecule has 0 amide bonds. The van der Waals surface area contributed by atoms with Gasteiger partial charge in [-0.25, -0.2) is 5.90 Å². The van der Waals surface area contributed by atoms with Crippen LogP contribution in [0.15, 0.2) is 24.3 Å². The van der Waals surface area contributed by atoms with Gasteiger partial charge in [0.15, 0.2) is 0 Å². The fourth-order valence-corrected chi connectivity index (χ4v) is 1.72. The van der Waals surface area contributed by atoms with E-state index in [1.54, 1.807) is 0 Å². The first-order valence-corrected chi connectivity index (χ1v) is 4.77. The predicted octanol–water partition coefficient (Wildman–Crippen LogP) is 2.52. The Labute approximate surface area is 78.7 Å². The Bertz CT molecular complexity index is 294. The maximum atomic E-state index is 5.19. The van der Waals surface area contributed by atoms with Crippen molar-refractivity contribution in [1.82, 2.24) is 0 Å². The summed E-state index contributed by atoms with van der Waals surface area (Å²) >= 11 is 0. The molecule has 1 aromatic rings. The lowest BCUT2D eigenvalue weighted by atomic mass is 10.00. The first-order valence-electron chi connectivity index (χ1n) is 4.77. The van der Waals surface area contributed by atoms with Gasteiger partial charge in [-0.3, -0.25) is 4.84 Å². The normalized spacial score (nSPS) is 18.6. The van der Waals surface area contributed by atoms with Gasteiger partial charge in [0.25, 0.3) is 0 Å². The van der Waals surface area contributed by atoms with Crippen LogP contribution in [0, 0.1) is 0 Å². The van der Waals surface area contributed by atoms with Gasteiger partial charge in [0.05, 0.1) is 0 Å². The molecule has 70 valence electrons. The van der Waals surface area contributed by atoms with Crippen LogP contribution in [0.3, 0.4) is 0 Å². The third-order valence-electron chi connectivity index (χ3n) is 2.66. The van der Waals surface area contributed by atoms with E-state index in [1.807, 2.05) is 13.0 Å². The quantitative estimate of drug-likeness (QED) is 0.720. The summed E-state index contributed by atoms with van der Waals surface area (Å²) in [4.78, 5) is 4.85. The third kappa shape index (κ3) is 1.74. The molecule has 1 fully saturated rings. The Morgan fingerprint density at radius 1 is 1.38 bits per heavy atom. The second kappa shape index (κ2) is 3.48. The topological polar surface area (TPSA) is 35.2 Å². The molecule has 1 saturated carbocycles. The van der Waals surface area contributed by atoms with Crippen LogP contribution in [0.4, 0.5) is 0 Å². The lowest BCUT2D eigenvalue weighted by Crippen LogP contribution is -2.07. The molecule has 13 heavy (non-hydrogen) atoms. The van der Waals surface area contributed by atoms with Crippen LogP contribution in [-0.4, -0.2) is 0 Å². The van der Waals surface area contributed by atoms with Crippen LogP contribution in [0.25, 0.3) is 0 Å². The second-order valence-electron chi connectivity index (χ2n) is 3.68. The standard InChI is InChI=1S/C11H15NO/c1-8(13-12)10-4-2-3-5-11(10)9-6-7-9/h2-5,8-9H,6-7,12H2,1H3. The van der Waals surface area contributed by atoms with Gasteiger partial charge >= 0.3 is 0 Å². The molecule has 1 aliphatic rings. The van der Waals surface area contributed by atoms with E-state index in [0.29, 0.717) is 0 Å². The van der Waals surface area contributed by atoms with Crippen LogP contribution in [-0.2, 0) is 4.84 Å². The largest absolute Gasteiger partial charge is 0.297 e. The van der Waals surface area contributed by atoms with E-state index in [9.17, 15) is 0 Å². The average Bonchev–Trinajstić information content (AvgIpc) is 3.00. The van der Waals surface area contributed by atoms with Crippen molar-refractivity contribution in [1.29, 1.82) is 0 Å². The highest BCUT2D eigenvalue weighted by molar-refractivity contribution is 5.34. The van der Waals surface area contributed by atoms with E-state index in [2.05, 4.69) is 18.2 Å². The Hall–Kier alpha value is -0.860. The van der Waals surface area contributed by atoms with Gasteiger partial charge < -0.3 is 0 Å². The van der Waals surface area contributed by atoms with Gasteiger partial charge in [0.1, 0.15) is 6.10 Å². The minimum atomic E-state index is 0.0109. The first kappa shape index (κ1) is 8.73. The first-order chi connectivity index (χ1) is 6.33. The average molecular weight is 177 g/mol. The van der Waals surface area contributed by atoms with Crippen molar-refractivity contribution in [3.8, 4) is 0 Å². The van der Waals surface area contributed by atoms with E-state index in [0.717, 1.165) is 5.92 Å². The summed E-state index contributed by atoms with van der Waals surface area (Å²) < 4.78 is 0. The van der Waals surface area contributed by atoms with Crippen molar-refractivity contribution in [2.24, 2.45) is 5.90 Å². The fraction of sp³-hybridized carbons (Fsp3) is 0.455. The zero-order valence-electron chi connectivity index (χ0n) is 7.86. The minimum absolute atomic E-state index is 0.0109. The minimum Gasteiger partial charge on any atom is -0.297 e. The van der Waals surface area contributed by atoms with Crippen molar-refractivity contribution in [3.05, 3.63) is 35.4 Å². The number of rotatable bonds is 3. The zero-order valence-corrected chi connectivity index (χ0v) is 7.86. The Balaban J connectivity index is 2.31. The molecule has 0 radical (unpaired) electrons. The SMILES string of the molecule is CC(ON)c1ccccc1C1CC1. The summed E-state index contributed by atoms with van der Waals surface area (Å²) in [5.41, 5.74) is 2.66. The summed E-state index contributed by atoms with van der Waals surface area (Å²) in [6, 6.07) is 8.41. The number of hydrogen-bond donors (Lipinski definition) is 1. The highest BCUT2D eigenvalue weighted by Crippen LogP contribution is 2.43. The lowest BCUT2D eigenvalue weighted by molar-refractivity contribution is 0.0658. The van der Waals surface area contributed by atoms with Crippen LogP contribution in [0.1, 0.15) is 42.9 Å². The van der Waals surface area contributed by atoms with Gasteiger partial charge in [0, 0.05) is 0 Å². The predicted molar refractivity (Wildman–Crippen MR) is 52.1 cm³/mol. The number of benzene rings is 1. The van der Waals surface area contributed by atoms with Gasteiger partial charge in [-0.15, -0.1) is 0 Å². The summed E-state index contributed by atoms with van der Waals surface area (Å²) in [6.45, 7) is 1.99. The van der Waals surface area contributed by atoms with Gasteiger partial charge in [-0.2, -0.15) is 0 Å². The van der Waals surface area contributed by atoms with Gasteiger partial charge in [-0.1, -0.05) is 24.3 Å². The van der Waals surface area contributed by atoms with E-state index in [-0.39, 0.29) is 6.10 Å². The highest BCUT2D eigenvalue weighted by Gasteiger charge is 2.26. The number of nitrogens with two attached hydrogens (primary N) is 1. The molecule has 0 heterocycles. The van der Waals surface area contributed by atoms with E-state index in [1.165, 1.54) is 24.0 Å². The Morgan fingerprint density at radius 2 is 2.08 bits per heavy atom. The number of hydrogen-bond acceptors (Lipinski definition) is 2. The third-order valence-corrected chi connectivity index (χ3v) is 2.66. The zero-order chi connectivity index (χ0) is 9.26. The molecule has 2 heteroatoms. The summed E-state index contributed by atoms with van der Waals surface area (Å²) in [5, 5.41) is 0. The maximum Gasteiger partial charge on any atom is 0.101 e. The van der Waals surface area contributed by atoms with Crippen molar-refractivity contribution >= 4 is 0 Å². The van der Waals surface area contributed by atoms with Crippen LogP contribution < -0.4 is 5.90 Å². The van der Waals surface area contributed by atoms with Crippen molar-refractivity contribution in [2.45, 2.75) is 31.8 Å². The lowest BCUT2D eigenvalue weighted by Gasteiger charge is -2.13. The molecule has 2 nitrogen and oxygen atoms in total. The van der Waals surface area contributed by atoms with Crippen molar-refractivity contribution < 1.29 is 4.84 Å². The van der Waals surface area contributed by atoms with Crippen molar-refractivity contribution in [3.63, 3.8) is 0 Å². The summed E-state index contributed by atoms with van der Waals surface area (Å²) in [7, 11) is 0. The van der Waals surface area contributed by atoms with Crippen LogP contribution in [0.2, 0.25) is 0 Å². The Kier molecular flexibility index (Phi) is 2.34. The van der Waals surface area contributed by atoms with Gasteiger partial charge in [-0.05, 0) is 36.8 Å². The molecule has 1 aromatic carbocycles. The Morgan fingerprint density at radius 3 is 2.69 bits per heavy atom. The van der Waals surface area contributed by atoms with E-state index in [4.69, 9.17) is 10.7 Å².